The third kappa shape index (κ3) is 2.19. The van der Waals surface area contributed by atoms with Crippen molar-refractivity contribution in [3.63, 3.8) is 0 Å². The van der Waals surface area contributed by atoms with E-state index in [1.165, 1.54) is 56.3 Å². The van der Waals surface area contributed by atoms with Crippen molar-refractivity contribution in [3.05, 3.63) is 24.0 Å². The lowest BCUT2D eigenvalue weighted by atomic mass is 9.89. The lowest BCUT2D eigenvalue weighted by Crippen LogP contribution is -2.15. The topological polar surface area (TPSA) is 43.8 Å². The van der Waals surface area contributed by atoms with Crippen molar-refractivity contribution in [1.29, 1.82) is 0 Å². The number of nitrogens with zero attached hydrogens (tertiary/aromatic N) is 2. The SMILES string of the molecule is Nc1ccc2c(c1)nc(C1CC1)n2CC1CCCCC1. The molecular formula is C17H23N3. The van der Waals surface area contributed by atoms with E-state index in [0.29, 0.717) is 5.92 Å². The molecule has 0 radical (unpaired) electrons. The second-order valence-electron chi connectivity index (χ2n) is 6.61. The molecular weight excluding hydrogens is 246 g/mol. The second kappa shape index (κ2) is 4.80. The number of anilines is 1. The molecule has 2 fully saturated rings. The average molecular weight is 269 g/mol. The van der Waals surface area contributed by atoms with E-state index in [1.807, 2.05) is 12.1 Å². The van der Waals surface area contributed by atoms with Crippen molar-refractivity contribution < 1.29 is 0 Å². The molecule has 2 aromatic rings. The molecule has 20 heavy (non-hydrogen) atoms. The van der Waals surface area contributed by atoms with Crippen LogP contribution in [0.3, 0.4) is 0 Å². The summed E-state index contributed by atoms with van der Waals surface area (Å²) in [7, 11) is 0. The summed E-state index contributed by atoms with van der Waals surface area (Å²) in [5.41, 5.74) is 9.10. The van der Waals surface area contributed by atoms with Gasteiger partial charge in [0.15, 0.2) is 0 Å². The molecule has 0 amide bonds. The molecule has 0 unspecified atom stereocenters. The number of nitrogens with two attached hydrogens (primary N) is 1. The molecule has 2 aliphatic carbocycles. The Morgan fingerprint density at radius 2 is 1.90 bits per heavy atom. The lowest BCUT2D eigenvalue weighted by molar-refractivity contribution is 0.319. The van der Waals surface area contributed by atoms with E-state index in [2.05, 4.69) is 10.6 Å². The number of aromatic nitrogens is 2. The van der Waals surface area contributed by atoms with Crippen molar-refractivity contribution in [1.82, 2.24) is 9.55 Å². The Labute approximate surface area is 120 Å². The number of hydrogen-bond acceptors (Lipinski definition) is 2. The van der Waals surface area contributed by atoms with Gasteiger partial charge in [0.1, 0.15) is 5.82 Å². The molecule has 2 N–H and O–H groups in total. The number of benzene rings is 1. The Balaban J connectivity index is 1.73. The number of rotatable bonds is 3. The van der Waals surface area contributed by atoms with E-state index in [1.54, 1.807) is 0 Å². The molecule has 4 rings (SSSR count). The standard InChI is InChI=1S/C17H23N3/c18-14-8-9-16-15(10-14)19-17(13-6-7-13)20(16)11-12-4-2-1-3-5-12/h8-10,12-13H,1-7,11,18H2. The summed E-state index contributed by atoms with van der Waals surface area (Å²) < 4.78 is 2.50. The molecule has 0 aliphatic heterocycles. The van der Waals surface area contributed by atoms with Crippen LogP contribution in [-0.4, -0.2) is 9.55 Å². The number of imidazole rings is 1. The van der Waals surface area contributed by atoms with Gasteiger partial charge >= 0.3 is 0 Å². The van der Waals surface area contributed by atoms with E-state index in [4.69, 9.17) is 10.7 Å². The predicted molar refractivity (Wildman–Crippen MR) is 82.7 cm³/mol. The van der Waals surface area contributed by atoms with Gasteiger partial charge in [-0.2, -0.15) is 0 Å². The van der Waals surface area contributed by atoms with Crippen LogP contribution in [0.2, 0.25) is 0 Å². The highest BCUT2D eigenvalue weighted by molar-refractivity contribution is 5.79. The first kappa shape index (κ1) is 12.2. The summed E-state index contributed by atoms with van der Waals surface area (Å²) in [5, 5.41) is 0. The van der Waals surface area contributed by atoms with E-state index < -0.39 is 0 Å². The quantitative estimate of drug-likeness (QED) is 0.853. The maximum absolute atomic E-state index is 5.91. The number of nitrogen functional groups attached to an aromatic ring is 1. The Kier molecular flexibility index (Phi) is 2.94. The van der Waals surface area contributed by atoms with Crippen LogP contribution in [0, 0.1) is 5.92 Å². The molecule has 2 aliphatic rings. The molecule has 1 aromatic heterocycles. The van der Waals surface area contributed by atoms with Crippen molar-refractivity contribution in [2.24, 2.45) is 5.92 Å². The van der Waals surface area contributed by atoms with Crippen LogP contribution < -0.4 is 5.73 Å². The molecule has 3 heteroatoms. The Bertz CT molecular complexity index is 618. The molecule has 0 saturated heterocycles. The van der Waals surface area contributed by atoms with Gasteiger partial charge in [-0.15, -0.1) is 0 Å². The number of hydrogen-bond donors (Lipinski definition) is 1. The highest BCUT2D eigenvalue weighted by Gasteiger charge is 2.30. The van der Waals surface area contributed by atoms with Crippen molar-refractivity contribution in [2.75, 3.05) is 5.73 Å². The lowest BCUT2D eigenvalue weighted by Gasteiger charge is -2.23. The van der Waals surface area contributed by atoms with Gasteiger partial charge in [0, 0.05) is 18.2 Å². The summed E-state index contributed by atoms with van der Waals surface area (Å²) in [6.45, 7) is 1.16. The molecule has 1 aromatic carbocycles. The maximum Gasteiger partial charge on any atom is 0.113 e. The van der Waals surface area contributed by atoms with E-state index in [0.717, 1.165) is 23.7 Å². The summed E-state index contributed by atoms with van der Waals surface area (Å²) in [4.78, 5) is 4.88. The highest BCUT2D eigenvalue weighted by Crippen LogP contribution is 2.41. The normalized spacial score (nSPS) is 20.6. The first-order valence-corrected chi connectivity index (χ1v) is 8.07. The van der Waals surface area contributed by atoms with Crippen LogP contribution in [0.1, 0.15) is 56.7 Å². The Hall–Kier alpha value is -1.51. The summed E-state index contributed by atoms with van der Waals surface area (Å²) >= 11 is 0. The minimum atomic E-state index is 0.701. The van der Waals surface area contributed by atoms with E-state index >= 15 is 0 Å². The Morgan fingerprint density at radius 3 is 2.65 bits per heavy atom. The largest absolute Gasteiger partial charge is 0.399 e. The highest BCUT2D eigenvalue weighted by atomic mass is 15.1. The van der Waals surface area contributed by atoms with E-state index in [9.17, 15) is 0 Å². The van der Waals surface area contributed by atoms with Crippen LogP contribution in [0.5, 0.6) is 0 Å². The van der Waals surface area contributed by atoms with Gasteiger partial charge in [0.25, 0.3) is 0 Å². The molecule has 1 heterocycles. The zero-order chi connectivity index (χ0) is 13.5. The monoisotopic (exact) mass is 269 g/mol. The molecule has 0 spiro atoms. The van der Waals surface area contributed by atoms with Gasteiger partial charge in [-0.1, -0.05) is 19.3 Å². The van der Waals surface area contributed by atoms with Gasteiger partial charge < -0.3 is 10.3 Å². The van der Waals surface area contributed by atoms with Crippen molar-refractivity contribution in [2.45, 2.75) is 57.4 Å². The van der Waals surface area contributed by atoms with Crippen LogP contribution in [0.15, 0.2) is 18.2 Å². The summed E-state index contributed by atoms with van der Waals surface area (Å²) in [6, 6.07) is 6.20. The van der Waals surface area contributed by atoms with Gasteiger partial charge in [0.05, 0.1) is 11.0 Å². The predicted octanol–water partition coefficient (Wildman–Crippen LogP) is 4.08. The van der Waals surface area contributed by atoms with Crippen LogP contribution >= 0.6 is 0 Å². The zero-order valence-corrected chi connectivity index (χ0v) is 12.0. The molecule has 2 saturated carbocycles. The second-order valence-corrected chi connectivity index (χ2v) is 6.61. The van der Waals surface area contributed by atoms with Gasteiger partial charge in [-0.3, -0.25) is 0 Å². The van der Waals surface area contributed by atoms with Gasteiger partial charge in [-0.05, 0) is 49.8 Å². The van der Waals surface area contributed by atoms with Gasteiger partial charge in [-0.25, -0.2) is 4.98 Å². The molecule has 106 valence electrons. The average Bonchev–Trinajstić information content (AvgIpc) is 3.24. The maximum atomic E-state index is 5.91. The fourth-order valence-corrected chi connectivity index (χ4v) is 3.64. The minimum Gasteiger partial charge on any atom is -0.399 e. The zero-order valence-electron chi connectivity index (χ0n) is 12.0. The fourth-order valence-electron chi connectivity index (χ4n) is 3.64. The first-order valence-electron chi connectivity index (χ1n) is 8.07. The van der Waals surface area contributed by atoms with Crippen molar-refractivity contribution >= 4 is 16.7 Å². The number of fused-ring (bicyclic) bond motifs is 1. The van der Waals surface area contributed by atoms with Crippen LogP contribution in [0.25, 0.3) is 11.0 Å². The molecule has 3 nitrogen and oxygen atoms in total. The van der Waals surface area contributed by atoms with Crippen LogP contribution in [0.4, 0.5) is 5.69 Å². The summed E-state index contributed by atoms with van der Waals surface area (Å²) in [5.74, 6) is 2.86. The summed E-state index contributed by atoms with van der Waals surface area (Å²) in [6.07, 6.45) is 9.63. The smallest absolute Gasteiger partial charge is 0.113 e. The van der Waals surface area contributed by atoms with Gasteiger partial charge in [0.2, 0.25) is 0 Å². The minimum absolute atomic E-state index is 0.701. The third-order valence-electron chi connectivity index (χ3n) is 4.91. The Morgan fingerprint density at radius 1 is 1.10 bits per heavy atom. The van der Waals surface area contributed by atoms with Crippen LogP contribution in [-0.2, 0) is 6.54 Å². The first-order chi connectivity index (χ1) is 9.81. The van der Waals surface area contributed by atoms with Crippen molar-refractivity contribution in [3.8, 4) is 0 Å². The fraction of sp³-hybridized carbons (Fsp3) is 0.588. The molecule has 0 bridgehead atoms. The molecule has 0 atom stereocenters. The van der Waals surface area contributed by atoms with E-state index in [-0.39, 0.29) is 0 Å². The third-order valence-corrected chi connectivity index (χ3v) is 4.91.